The number of alkyl halides is 3. The second kappa shape index (κ2) is 4.83. The highest BCUT2D eigenvalue weighted by Gasteiger charge is 2.39. The van der Waals surface area contributed by atoms with Crippen LogP contribution < -0.4 is 0 Å². The molecule has 0 N–H and O–H groups in total. The number of benzene rings is 1. The molecule has 0 saturated heterocycles. The van der Waals surface area contributed by atoms with E-state index < -0.39 is 17.7 Å². The maximum absolute atomic E-state index is 12.5. The Bertz CT molecular complexity index is 393. The molecule has 0 radical (unpaired) electrons. The lowest BCUT2D eigenvalue weighted by Gasteiger charge is -2.09. The fourth-order valence-electron chi connectivity index (χ4n) is 1.08. The summed E-state index contributed by atoms with van der Waals surface area (Å²) >= 11 is 0. The van der Waals surface area contributed by atoms with E-state index in [1.54, 1.807) is 18.2 Å². The molecule has 0 aliphatic heterocycles. The number of methoxy groups -OCH3 is 1. The first-order chi connectivity index (χ1) is 7.45. The standard InChI is InChI=1S/C11H9F3O2/c1-16-10(15)9(11(12,13)14)7-8-5-3-2-4-6-8/h2-7H,1H3/b9-7+. The van der Waals surface area contributed by atoms with Crippen LogP contribution in [0.1, 0.15) is 5.56 Å². The van der Waals surface area contributed by atoms with E-state index in [4.69, 9.17) is 0 Å². The van der Waals surface area contributed by atoms with Crippen molar-refractivity contribution < 1.29 is 22.7 Å². The molecule has 0 unspecified atom stereocenters. The first kappa shape index (κ1) is 12.3. The van der Waals surface area contributed by atoms with Gasteiger partial charge in [-0.15, -0.1) is 0 Å². The highest BCUT2D eigenvalue weighted by atomic mass is 19.4. The smallest absolute Gasteiger partial charge is 0.423 e. The minimum atomic E-state index is -4.72. The summed E-state index contributed by atoms with van der Waals surface area (Å²) in [7, 11) is 0.910. The van der Waals surface area contributed by atoms with E-state index in [0.29, 0.717) is 5.56 Å². The fraction of sp³-hybridized carbons (Fsp3) is 0.182. The molecule has 0 amide bonds. The van der Waals surface area contributed by atoms with Crippen LogP contribution in [0.4, 0.5) is 13.2 Å². The third-order valence-corrected chi connectivity index (χ3v) is 1.82. The molecule has 0 aliphatic carbocycles. The molecular weight excluding hydrogens is 221 g/mol. The summed E-state index contributed by atoms with van der Waals surface area (Å²) in [6.07, 6.45) is -3.96. The van der Waals surface area contributed by atoms with Crippen molar-refractivity contribution in [1.82, 2.24) is 0 Å². The first-order valence-electron chi connectivity index (χ1n) is 4.37. The lowest BCUT2D eigenvalue weighted by atomic mass is 10.1. The molecule has 0 heterocycles. The van der Waals surface area contributed by atoms with Gasteiger partial charge in [0.15, 0.2) is 0 Å². The monoisotopic (exact) mass is 230 g/mol. The van der Waals surface area contributed by atoms with Crippen molar-refractivity contribution in [1.29, 1.82) is 0 Å². The normalized spacial score (nSPS) is 12.4. The zero-order valence-corrected chi connectivity index (χ0v) is 8.41. The maximum atomic E-state index is 12.5. The summed E-state index contributed by atoms with van der Waals surface area (Å²) in [5.74, 6) is -1.39. The molecule has 0 spiro atoms. The van der Waals surface area contributed by atoms with Gasteiger partial charge in [-0.3, -0.25) is 0 Å². The highest BCUT2D eigenvalue weighted by Crippen LogP contribution is 2.28. The topological polar surface area (TPSA) is 26.3 Å². The molecule has 0 saturated carbocycles. The number of ether oxygens (including phenoxy) is 1. The zero-order chi connectivity index (χ0) is 12.2. The van der Waals surface area contributed by atoms with E-state index in [1.165, 1.54) is 12.1 Å². The molecule has 86 valence electrons. The molecule has 0 aliphatic rings. The summed E-state index contributed by atoms with van der Waals surface area (Å²) in [4.78, 5) is 11.0. The van der Waals surface area contributed by atoms with Gasteiger partial charge in [0.25, 0.3) is 0 Å². The SMILES string of the molecule is COC(=O)/C(=C\c1ccccc1)C(F)(F)F. The molecular formula is C11H9F3O2. The Morgan fingerprint density at radius 1 is 1.25 bits per heavy atom. The van der Waals surface area contributed by atoms with Gasteiger partial charge in [0.2, 0.25) is 0 Å². The quantitative estimate of drug-likeness (QED) is 0.576. The van der Waals surface area contributed by atoms with Gasteiger partial charge in [0.1, 0.15) is 5.57 Å². The number of carbonyl (C=O) groups excluding carboxylic acids is 1. The van der Waals surface area contributed by atoms with Crippen LogP contribution >= 0.6 is 0 Å². The van der Waals surface area contributed by atoms with Crippen LogP contribution in [0.25, 0.3) is 6.08 Å². The first-order valence-corrected chi connectivity index (χ1v) is 4.37. The molecule has 0 atom stereocenters. The lowest BCUT2D eigenvalue weighted by molar-refractivity contribution is -0.147. The lowest BCUT2D eigenvalue weighted by Crippen LogP contribution is -2.21. The molecule has 1 aromatic carbocycles. The maximum Gasteiger partial charge on any atom is 0.423 e. The van der Waals surface area contributed by atoms with E-state index >= 15 is 0 Å². The number of esters is 1. The van der Waals surface area contributed by atoms with Crippen LogP contribution in [0, 0.1) is 0 Å². The summed E-state index contributed by atoms with van der Waals surface area (Å²) in [6.45, 7) is 0. The van der Waals surface area contributed by atoms with Crippen molar-refractivity contribution in [3.63, 3.8) is 0 Å². The number of hydrogen-bond donors (Lipinski definition) is 0. The Hall–Kier alpha value is -1.78. The van der Waals surface area contributed by atoms with Crippen LogP contribution in [0.5, 0.6) is 0 Å². The van der Waals surface area contributed by atoms with Crippen molar-refractivity contribution in [2.45, 2.75) is 6.18 Å². The fourth-order valence-corrected chi connectivity index (χ4v) is 1.08. The van der Waals surface area contributed by atoms with Crippen molar-refractivity contribution in [2.75, 3.05) is 7.11 Å². The van der Waals surface area contributed by atoms with Crippen molar-refractivity contribution in [3.05, 3.63) is 41.5 Å². The van der Waals surface area contributed by atoms with Crippen LogP contribution in [0.15, 0.2) is 35.9 Å². The number of carbonyl (C=O) groups is 1. The van der Waals surface area contributed by atoms with Gasteiger partial charge >= 0.3 is 12.1 Å². The van der Waals surface area contributed by atoms with Gasteiger partial charge in [-0.05, 0) is 11.6 Å². The van der Waals surface area contributed by atoms with Crippen LogP contribution in [-0.2, 0) is 9.53 Å². The minimum Gasteiger partial charge on any atom is -0.465 e. The number of halogens is 3. The predicted octanol–water partition coefficient (Wildman–Crippen LogP) is 2.81. The number of rotatable bonds is 2. The molecule has 1 aromatic rings. The van der Waals surface area contributed by atoms with Gasteiger partial charge in [-0.25, -0.2) is 4.79 Å². The molecule has 5 heteroatoms. The van der Waals surface area contributed by atoms with E-state index in [1.807, 2.05) is 0 Å². The summed E-state index contributed by atoms with van der Waals surface area (Å²) in [5.41, 5.74) is -1.03. The molecule has 0 aromatic heterocycles. The Labute approximate surface area is 90.3 Å². The largest absolute Gasteiger partial charge is 0.465 e. The van der Waals surface area contributed by atoms with E-state index in [2.05, 4.69) is 4.74 Å². The zero-order valence-electron chi connectivity index (χ0n) is 8.41. The highest BCUT2D eigenvalue weighted by molar-refractivity contribution is 5.95. The van der Waals surface area contributed by atoms with E-state index in [-0.39, 0.29) is 0 Å². The average molecular weight is 230 g/mol. The Balaban J connectivity index is 3.12. The van der Waals surface area contributed by atoms with Gasteiger partial charge in [0.05, 0.1) is 7.11 Å². The van der Waals surface area contributed by atoms with Crippen LogP contribution in [0.2, 0.25) is 0 Å². The molecule has 0 bridgehead atoms. The third-order valence-electron chi connectivity index (χ3n) is 1.82. The Morgan fingerprint density at radius 3 is 2.25 bits per heavy atom. The van der Waals surface area contributed by atoms with Crippen molar-refractivity contribution in [2.24, 2.45) is 0 Å². The molecule has 16 heavy (non-hydrogen) atoms. The van der Waals surface area contributed by atoms with E-state index in [9.17, 15) is 18.0 Å². The molecule has 0 fully saturated rings. The van der Waals surface area contributed by atoms with E-state index in [0.717, 1.165) is 13.2 Å². The van der Waals surface area contributed by atoms with Crippen molar-refractivity contribution in [3.8, 4) is 0 Å². The van der Waals surface area contributed by atoms with Gasteiger partial charge in [-0.1, -0.05) is 30.3 Å². The van der Waals surface area contributed by atoms with Crippen molar-refractivity contribution >= 4 is 12.0 Å². The molecule has 1 rings (SSSR count). The van der Waals surface area contributed by atoms with Gasteiger partial charge < -0.3 is 4.74 Å². The summed E-state index contributed by atoms with van der Waals surface area (Å²) in [5, 5.41) is 0. The predicted molar refractivity (Wildman–Crippen MR) is 52.5 cm³/mol. The number of hydrogen-bond acceptors (Lipinski definition) is 2. The Kier molecular flexibility index (Phi) is 3.71. The van der Waals surface area contributed by atoms with Crippen LogP contribution in [-0.4, -0.2) is 19.3 Å². The van der Waals surface area contributed by atoms with Gasteiger partial charge in [0, 0.05) is 0 Å². The van der Waals surface area contributed by atoms with Gasteiger partial charge in [-0.2, -0.15) is 13.2 Å². The minimum absolute atomic E-state index is 0.292. The molecule has 2 nitrogen and oxygen atoms in total. The average Bonchev–Trinajstić information content (AvgIpc) is 2.25. The van der Waals surface area contributed by atoms with Crippen LogP contribution in [0.3, 0.4) is 0 Å². The summed E-state index contributed by atoms with van der Waals surface area (Å²) in [6, 6.07) is 7.76. The third kappa shape index (κ3) is 3.12. The Morgan fingerprint density at radius 2 is 1.81 bits per heavy atom. The second-order valence-electron chi connectivity index (χ2n) is 2.96. The summed E-state index contributed by atoms with van der Waals surface area (Å²) < 4.78 is 41.5. The second-order valence-corrected chi connectivity index (χ2v) is 2.96.